The number of fused-ring (bicyclic) bond motifs is 1. The average molecular weight is 411 g/mol. The molecule has 134 valence electrons. The van der Waals surface area contributed by atoms with E-state index in [0.29, 0.717) is 32.2 Å². The molecule has 4 N–H and O–H groups in total. The number of benzene rings is 2. The number of thiazole rings is 1. The number of aromatic nitrogens is 1. The number of urea groups is 2. The molecule has 1 aromatic heterocycles. The molecule has 0 aliphatic heterocycles. The van der Waals surface area contributed by atoms with Crippen molar-refractivity contribution in [3.05, 3.63) is 45.9 Å². The summed E-state index contributed by atoms with van der Waals surface area (Å²) in [7, 11) is 0. The zero-order valence-electron chi connectivity index (χ0n) is 13.3. The van der Waals surface area contributed by atoms with E-state index in [2.05, 4.69) is 10.3 Å². The lowest BCUT2D eigenvalue weighted by molar-refractivity contribution is 0.238. The molecular weight excluding hydrogens is 399 g/mol. The van der Waals surface area contributed by atoms with Crippen molar-refractivity contribution in [3.8, 4) is 10.9 Å². The van der Waals surface area contributed by atoms with Gasteiger partial charge in [-0.2, -0.15) is 0 Å². The van der Waals surface area contributed by atoms with Crippen LogP contribution in [0.2, 0.25) is 10.0 Å². The lowest BCUT2D eigenvalue weighted by Crippen LogP contribution is -2.38. The van der Waals surface area contributed by atoms with Crippen LogP contribution in [0.1, 0.15) is 5.56 Å². The quantitative estimate of drug-likeness (QED) is 0.570. The molecule has 2 aromatic carbocycles. The van der Waals surface area contributed by atoms with Crippen molar-refractivity contribution < 1.29 is 14.3 Å². The third-order valence-electron chi connectivity index (χ3n) is 3.28. The number of amides is 4. The number of imide groups is 1. The predicted octanol–water partition coefficient (Wildman–Crippen LogP) is 4.90. The summed E-state index contributed by atoms with van der Waals surface area (Å²) in [6.07, 6.45) is 0. The molecule has 0 saturated carbocycles. The molecule has 4 amide bonds. The number of ether oxygens (including phenoxy) is 1. The highest BCUT2D eigenvalue weighted by molar-refractivity contribution is 7.20. The molecule has 26 heavy (non-hydrogen) atoms. The van der Waals surface area contributed by atoms with Gasteiger partial charge in [0.25, 0.3) is 5.19 Å². The van der Waals surface area contributed by atoms with E-state index in [1.165, 1.54) is 11.3 Å². The Hall–Kier alpha value is -2.55. The van der Waals surface area contributed by atoms with Crippen LogP contribution in [0.25, 0.3) is 10.2 Å². The van der Waals surface area contributed by atoms with Crippen LogP contribution >= 0.6 is 34.5 Å². The van der Waals surface area contributed by atoms with Gasteiger partial charge < -0.3 is 15.8 Å². The third-order valence-corrected chi connectivity index (χ3v) is 4.90. The second-order valence-electron chi connectivity index (χ2n) is 5.24. The summed E-state index contributed by atoms with van der Waals surface area (Å²) in [5.74, 6) is 0.571. The fraction of sp³-hybridized carbons (Fsp3) is 0.0625. The maximum absolute atomic E-state index is 11.5. The highest BCUT2D eigenvalue weighted by Gasteiger charge is 2.11. The Balaban J connectivity index is 1.78. The van der Waals surface area contributed by atoms with Crippen LogP contribution in [0.5, 0.6) is 10.9 Å². The van der Waals surface area contributed by atoms with Crippen molar-refractivity contribution in [3.63, 3.8) is 0 Å². The normalized spacial score (nSPS) is 10.6. The molecule has 0 aliphatic rings. The second kappa shape index (κ2) is 7.36. The van der Waals surface area contributed by atoms with Crippen LogP contribution in [-0.4, -0.2) is 17.0 Å². The molecule has 10 heteroatoms. The highest BCUT2D eigenvalue weighted by Crippen LogP contribution is 2.36. The minimum atomic E-state index is -0.935. The van der Waals surface area contributed by atoms with Crippen LogP contribution in [-0.2, 0) is 0 Å². The summed E-state index contributed by atoms with van der Waals surface area (Å²) in [6.45, 7) is 1.81. The molecule has 0 radical (unpaired) electrons. The van der Waals surface area contributed by atoms with Gasteiger partial charge in [-0.25, -0.2) is 14.6 Å². The summed E-state index contributed by atoms with van der Waals surface area (Å²) >= 11 is 13.3. The molecule has 0 aliphatic carbocycles. The summed E-state index contributed by atoms with van der Waals surface area (Å²) in [6, 6.07) is 6.77. The van der Waals surface area contributed by atoms with Gasteiger partial charge >= 0.3 is 12.1 Å². The first-order valence-corrected chi connectivity index (χ1v) is 8.80. The number of nitrogens with two attached hydrogens (primary N) is 1. The van der Waals surface area contributed by atoms with Crippen molar-refractivity contribution in [1.29, 1.82) is 0 Å². The SMILES string of the molecule is Cc1cc(NC(=O)NC(N)=O)ccc1Oc1nc2cc(Cl)c(Cl)cc2s1. The van der Waals surface area contributed by atoms with E-state index in [1.807, 2.05) is 12.2 Å². The lowest BCUT2D eigenvalue weighted by atomic mass is 10.2. The summed E-state index contributed by atoms with van der Waals surface area (Å²) in [5.41, 5.74) is 6.82. The number of nitrogens with zero attached hydrogens (tertiary/aromatic N) is 1. The molecule has 0 unspecified atom stereocenters. The van der Waals surface area contributed by atoms with Crippen molar-refractivity contribution in [2.75, 3.05) is 5.32 Å². The number of primary amides is 1. The van der Waals surface area contributed by atoms with Gasteiger partial charge in [0.2, 0.25) is 0 Å². The summed E-state index contributed by atoms with van der Waals surface area (Å²) in [4.78, 5) is 26.5. The van der Waals surface area contributed by atoms with E-state index >= 15 is 0 Å². The Labute approximate surface area is 162 Å². The molecule has 0 fully saturated rings. The Kier molecular flexibility index (Phi) is 5.17. The Morgan fingerprint density at radius 2 is 1.92 bits per heavy atom. The summed E-state index contributed by atoms with van der Waals surface area (Å²) < 4.78 is 6.67. The number of hydrogen-bond acceptors (Lipinski definition) is 5. The van der Waals surface area contributed by atoms with Crippen LogP contribution in [0.3, 0.4) is 0 Å². The van der Waals surface area contributed by atoms with Crippen LogP contribution in [0.4, 0.5) is 15.3 Å². The van der Waals surface area contributed by atoms with Gasteiger partial charge in [0.15, 0.2) is 0 Å². The molecule has 3 rings (SSSR count). The first kappa shape index (κ1) is 18.2. The van der Waals surface area contributed by atoms with Gasteiger partial charge in [-0.15, -0.1) is 0 Å². The number of anilines is 1. The van der Waals surface area contributed by atoms with Crippen molar-refractivity contribution in [2.45, 2.75) is 6.92 Å². The molecule has 0 atom stereocenters. The molecule has 3 aromatic rings. The maximum Gasteiger partial charge on any atom is 0.327 e. The molecule has 0 bridgehead atoms. The van der Waals surface area contributed by atoms with Crippen molar-refractivity contribution >= 4 is 62.5 Å². The zero-order valence-corrected chi connectivity index (χ0v) is 15.6. The minimum Gasteiger partial charge on any atom is -0.431 e. The van der Waals surface area contributed by atoms with Gasteiger partial charge in [-0.05, 0) is 42.8 Å². The number of hydrogen-bond donors (Lipinski definition) is 3. The third kappa shape index (κ3) is 4.16. The fourth-order valence-electron chi connectivity index (χ4n) is 2.16. The van der Waals surface area contributed by atoms with E-state index < -0.39 is 12.1 Å². The van der Waals surface area contributed by atoms with Gasteiger partial charge in [0.1, 0.15) is 5.75 Å². The maximum atomic E-state index is 11.5. The minimum absolute atomic E-state index is 0.428. The molecule has 1 heterocycles. The van der Waals surface area contributed by atoms with Gasteiger partial charge in [0.05, 0.1) is 20.3 Å². The van der Waals surface area contributed by atoms with E-state index in [-0.39, 0.29) is 0 Å². The van der Waals surface area contributed by atoms with Gasteiger partial charge in [-0.1, -0.05) is 34.5 Å². The number of rotatable bonds is 3. The topological polar surface area (TPSA) is 106 Å². The van der Waals surface area contributed by atoms with Gasteiger partial charge in [0, 0.05) is 5.69 Å². The fourth-order valence-corrected chi connectivity index (χ4v) is 3.39. The van der Waals surface area contributed by atoms with E-state index in [1.54, 1.807) is 30.3 Å². The van der Waals surface area contributed by atoms with E-state index in [0.717, 1.165) is 10.3 Å². The van der Waals surface area contributed by atoms with Crippen LogP contribution in [0.15, 0.2) is 30.3 Å². The second-order valence-corrected chi connectivity index (χ2v) is 7.05. The zero-order chi connectivity index (χ0) is 18.8. The number of carbonyl (C=O) groups excluding carboxylic acids is 2. The van der Waals surface area contributed by atoms with Crippen molar-refractivity contribution in [1.82, 2.24) is 10.3 Å². The predicted molar refractivity (Wildman–Crippen MR) is 103 cm³/mol. The standard InChI is InChI=1S/C16H12Cl2N4O3S/c1-7-4-8(20-15(24)22-14(19)23)2-3-12(7)25-16-21-11-5-9(17)10(18)6-13(11)26-16/h2-6H,1H3,(H4,19,20,22,23,24). The first-order valence-electron chi connectivity index (χ1n) is 7.23. The van der Waals surface area contributed by atoms with E-state index in [9.17, 15) is 9.59 Å². The van der Waals surface area contributed by atoms with Gasteiger partial charge in [-0.3, -0.25) is 5.32 Å². The molecular formula is C16H12Cl2N4O3S. The number of nitrogens with one attached hydrogen (secondary N) is 2. The van der Waals surface area contributed by atoms with E-state index in [4.69, 9.17) is 33.7 Å². The Bertz CT molecular complexity index is 983. The first-order chi connectivity index (χ1) is 12.3. The Morgan fingerprint density at radius 3 is 2.62 bits per heavy atom. The molecule has 0 saturated heterocycles. The molecule has 0 spiro atoms. The monoisotopic (exact) mass is 410 g/mol. The Morgan fingerprint density at radius 1 is 1.19 bits per heavy atom. The average Bonchev–Trinajstić information content (AvgIpc) is 2.91. The number of carbonyl (C=O) groups is 2. The largest absolute Gasteiger partial charge is 0.431 e. The van der Waals surface area contributed by atoms with Crippen LogP contribution < -0.4 is 21.1 Å². The number of aryl methyl sites for hydroxylation is 1. The number of halogens is 2. The van der Waals surface area contributed by atoms with Crippen LogP contribution in [0, 0.1) is 6.92 Å². The summed E-state index contributed by atoms with van der Waals surface area (Å²) in [5, 5.41) is 5.73. The highest BCUT2D eigenvalue weighted by atomic mass is 35.5. The van der Waals surface area contributed by atoms with Crippen molar-refractivity contribution in [2.24, 2.45) is 5.73 Å². The lowest BCUT2D eigenvalue weighted by Gasteiger charge is -2.09. The molecule has 7 nitrogen and oxygen atoms in total. The smallest absolute Gasteiger partial charge is 0.327 e.